The second-order valence-corrected chi connectivity index (χ2v) is 11.5. The maximum atomic E-state index is 13.3. The third-order valence-electron chi connectivity index (χ3n) is 8.67. The predicted molar refractivity (Wildman–Crippen MR) is 166 cm³/mol. The molecule has 2 aliphatic heterocycles. The number of nitrogens with one attached hydrogen (secondary N) is 4. The molecule has 1 fully saturated rings. The Labute approximate surface area is 263 Å². The van der Waals surface area contributed by atoms with Crippen LogP contribution in [-0.4, -0.2) is 84.0 Å². The fourth-order valence-electron chi connectivity index (χ4n) is 6.43. The van der Waals surface area contributed by atoms with Gasteiger partial charge < -0.3 is 55.8 Å². The summed E-state index contributed by atoms with van der Waals surface area (Å²) < 4.78 is 27.8. The number of ether oxygens (including phenoxy) is 5. The lowest BCUT2D eigenvalue weighted by Crippen LogP contribution is -2.46. The number of carbonyl (C=O) groups is 2. The van der Waals surface area contributed by atoms with E-state index in [9.17, 15) is 14.7 Å². The maximum absolute atomic E-state index is 13.3. The number of fused-ring (bicyclic) bond motifs is 3. The maximum Gasteiger partial charge on any atom is 0.315 e. The second kappa shape index (κ2) is 15.4. The molecular formula is C32H45N5O8. The lowest BCUT2D eigenvalue weighted by molar-refractivity contribution is -0.141. The minimum Gasteiger partial charge on any atom is -0.502 e. The van der Waals surface area contributed by atoms with Crippen molar-refractivity contribution in [2.24, 2.45) is 17.6 Å². The van der Waals surface area contributed by atoms with Gasteiger partial charge in [-0.15, -0.1) is 0 Å². The number of phenols is 1. The zero-order valence-corrected chi connectivity index (χ0v) is 26.0. The SMILES string of the molecule is COc1cc(C2c3cc4c(cc3[C@@H](NC(=O)NCCCNCCCCNCCCN)[C@H]3COC(=O)[C@H]23)OCO4)cc(OC)c1O. The third-order valence-corrected chi connectivity index (χ3v) is 8.67. The summed E-state index contributed by atoms with van der Waals surface area (Å²) in [6, 6.07) is 6.31. The molecule has 1 aliphatic carbocycles. The minimum atomic E-state index is -0.609. The third kappa shape index (κ3) is 7.32. The molecule has 2 heterocycles. The summed E-state index contributed by atoms with van der Waals surface area (Å²) in [4.78, 5) is 26.5. The number of urea groups is 1. The number of amides is 2. The van der Waals surface area contributed by atoms with Gasteiger partial charge in [-0.2, -0.15) is 0 Å². The molecule has 13 nitrogen and oxygen atoms in total. The van der Waals surface area contributed by atoms with Crippen molar-refractivity contribution in [1.82, 2.24) is 21.3 Å². The Balaban J connectivity index is 1.27. The van der Waals surface area contributed by atoms with Crippen LogP contribution in [0.1, 0.15) is 54.3 Å². The van der Waals surface area contributed by atoms with E-state index in [4.69, 9.17) is 29.4 Å². The van der Waals surface area contributed by atoms with Crippen molar-refractivity contribution in [3.05, 3.63) is 41.0 Å². The molecule has 2 aromatic rings. The number of unbranched alkanes of at least 4 members (excludes halogenated alkanes) is 1. The highest BCUT2D eigenvalue weighted by Gasteiger charge is 2.53. The van der Waals surface area contributed by atoms with Gasteiger partial charge in [0.25, 0.3) is 0 Å². The molecule has 7 N–H and O–H groups in total. The Morgan fingerprint density at radius 2 is 1.51 bits per heavy atom. The Bertz CT molecular complexity index is 1320. The highest BCUT2D eigenvalue weighted by molar-refractivity contribution is 5.80. The number of carbonyl (C=O) groups excluding carboxylic acids is 2. The Morgan fingerprint density at radius 1 is 0.889 bits per heavy atom. The van der Waals surface area contributed by atoms with Gasteiger partial charge in [0.2, 0.25) is 12.5 Å². The molecular weight excluding hydrogens is 582 g/mol. The summed E-state index contributed by atoms with van der Waals surface area (Å²) in [5, 5.41) is 23.4. The van der Waals surface area contributed by atoms with E-state index in [1.165, 1.54) is 14.2 Å². The molecule has 2 aromatic carbocycles. The van der Waals surface area contributed by atoms with Crippen LogP contribution in [0.15, 0.2) is 24.3 Å². The van der Waals surface area contributed by atoms with Gasteiger partial charge in [0, 0.05) is 18.4 Å². The van der Waals surface area contributed by atoms with Crippen LogP contribution in [0.3, 0.4) is 0 Å². The number of benzene rings is 2. The molecule has 0 saturated carbocycles. The minimum absolute atomic E-state index is 0.0803. The summed E-state index contributed by atoms with van der Waals surface area (Å²) in [6.45, 7) is 5.12. The van der Waals surface area contributed by atoms with Gasteiger partial charge in [-0.1, -0.05) is 0 Å². The molecule has 1 unspecified atom stereocenters. The van der Waals surface area contributed by atoms with Crippen molar-refractivity contribution >= 4 is 12.0 Å². The highest BCUT2D eigenvalue weighted by Crippen LogP contribution is 2.55. The molecule has 0 aromatic heterocycles. The van der Waals surface area contributed by atoms with E-state index in [1.54, 1.807) is 12.1 Å². The zero-order chi connectivity index (χ0) is 31.8. The molecule has 45 heavy (non-hydrogen) atoms. The van der Waals surface area contributed by atoms with E-state index in [-0.39, 0.29) is 48.6 Å². The Kier molecular flexibility index (Phi) is 11.1. The number of phenolic OH excluding ortho intramolecular Hbond substituents is 1. The quantitative estimate of drug-likeness (QED) is 0.119. The number of nitrogens with two attached hydrogens (primary N) is 1. The number of hydrogen-bond donors (Lipinski definition) is 6. The van der Waals surface area contributed by atoms with Crippen molar-refractivity contribution in [3.8, 4) is 28.7 Å². The number of hydrogen-bond acceptors (Lipinski definition) is 11. The van der Waals surface area contributed by atoms with Crippen LogP contribution in [0.4, 0.5) is 4.79 Å². The average Bonchev–Trinajstić information content (AvgIpc) is 3.67. The number of aromatic hydroxyl groups is 1. The fourth-order valence-corrected chi connectivity index (χ4v) is 6.43. The molecule has 0 bridgehead atoms. The summed E-state index contributed by atoms with van der Waals surface area (Å²) >= 11 is 0. The van der Waals surface area contributed by atoms with Crippen molar-refractivity contribution in [2.45, 2.75) is 37.6 Å². The van der Waals surface area contributed by atoms with Crippen LogP contribution in [0.2, 0.25) is 0 Å². The molecule has 246 valence electrons. The largest absolute Gasteiger partial charge is 0.502 e. The van der Waals surface area contributed by atoms with Gasteiger partial charge in [-0.25, -0.2) is 4.79 Å². The monoisotopic (exact) mass is 627 g/mol. The summed E-state index contributed by atoms with van der Waals surface area (Å²) in [7, 11) is 2.91. The summed E-state index contributed by atoms with van der Waals surface area (Å²) in [6.07, 6.45) is 3.96. The lowest BCUT2D eigenvalue weighted by Gasteiger charge is -2.39. The number of rotatable bonds is 16. The molecule has 3 aliphatic rings. The van der Waals surface area contributed by atoms with E-state index in [0.717, 1.165) is 63.0 Å². The molecule has 1 saturated heterocycles. The van der Waals surface area contributed by atoms with Crippen LogP contribution >= 0.6 is 0 Å². The predicted octanol–water partition coefficient (Wildman–Crippen LogP) is 2.11. The van der Waals surface area contributed by atoms with Crippen LogP contribution in [0.25, 0.3) is 0 Å². The topological polar surface area (TPSA) is 175 Å². The van der Waals surface area contributed by atoms with E-state index in [1.807, 2.05) is 12.1 Å². The first-order chi connectivity index (χ1) is 22.0. The van der Waals surface area contributed by atoms with Crippen molar-refractivity contribution in [1.29, 1.82) is 0 Å². The lowest BCUT2D eigenvalue weighted by atomic mass is 9.65. The van der Waals surface area contributed by atoms with Crippen molar-refractivity contribution < 1.29 is 38.4 Å². The molecule has 0 radical (unpaired) electrons. The number of methoxy groups -OCH3 is 2. The first-order valence-electron chi connectivity index (χ1n) is 15.7. The standard InChI is InChI=1S/C32H45N5O8/c1-41-25-13-19(14-26(42-2)30(25)38)27-20-15-23-24(45-18-44-23)16-21(20)29(22-17-43-31(39)28(22)27)37-32(40)36-12-6-11-35-9-4-3-8-34-10-5-7-33/h13-16,22,27-29,34-35,38H,3-12,17-18,33H2,1-2H3,(H2,36,37,40)/t22-,27?,28-,29+/m0/s1. The molecule has 13 heteroatoms. The van der Waals surface area contributed by atoms with E-state index < -0.39 is 17.9 Å². The summed E-state index contributed by atoms with van der Waals surface area (Å²) in [5.41, 5.74) is 7.80. The van der Waals surface area contributed by atoms with Crippen LogP contribution in [-0.2, 0) is 9.53 Å². The second-order valence-electron chi connectivity index (χ2n) is 11.5. The van der Waals surface area contributed by atoms with Gasteiger partial charge in [-0.05, 0) is 99.4 Å². The molecule has 2 amide bonds. The van der Waals surface area contributed by atoms with E-state index >= 15 is 0 Å². The van der Waals surface area contributed by atoms with Gasteiger partial charge in [0.1, 0.15) is 0 Å². The van der Waals surface area contributed by atoms with Gasteiger partial charge in [-0.3, -0.25) is 4.79 Å². The highest BCUT2D eigenvalue weighted by atomic mass is 16.7. The molecule has 0 spiro atoms. The first-order valence-corrected chi connectivity index (χ1v) is 15.7. The Hall–Kier alpha value is -3.94. The first kappa shape index (κ1) is 32.5. The van der Waals surface area contributed by atoms with Crippen LogP contribution < -0.4 is 45.9 Å². The molecule has 5 rings (SSSR count). The number of cyclic esters (lactones) is 1. The van der Waals surface area contributed by atoms with Gasteiger partial charge in [0.05, 0.1) is 32.8 Å². The molecule has 4 atom stereocenters. The van der Waals surface area contributed by atoms with Gasteiger partial charge >= 0.3 is 12.0 Å². The Morgan fingerprint density at radius 3 is 2.16 bits per heavy atom. The average molecular weight is 628 g/mol. The van der Waals surface area contributed by atoms with Crippen molar-refractivity contribution in [3.63, 3.8) is 0 Å². The fraction of sp³-hybridized carbons (Fsp3) is 0.562. The van der Waals surface area contributed by atoms with Crippen molar-refractivity contribution in [2.75, 3.05) is 66.9 Å². The normalized spacial score (nSPS) is 21.1. The van der Waals surface area contributed by atoms with E-state index in [0.29, 0.717) is 30.2 Å². The zero-order valence-electron chi connectivity index (χ0n) is 26.0. The smallest absolute Gasteiger partial charge is 0.315 e. The van der Waals surface area contributed by atoms with Gasteiger partial charge in [0.15, 0.2) is 23.0 Å². The number of esters is 1. The van der Waals surface area contributed by atoms with Crippen LogP contribution in [0.5, 0.6) is 28.7 Å². The summed E-state index contributed by atoms with van der Waals surface area (Å²) in [5.74, 6) is -0.357. The van der Waals surface area contributed by atoms with E-state index in [2.05, 4.69) is 21.3 Å². The van der Waals surface area contributed by atoms with Crippen LogP contribution in [0, 0.1) is 11.8 Å².